The lowest BCUT2D eigenvalue weighted by atomic mass is 9.77. The third-order valence-electron chi connectivity index (χ3n) is 7.01. The maximum atomic E-state index is 14.1. The Balaban J connectivity index is 1.45. The number of allylic oxidation sites excluding steroid dienone is 1. The standard InChI is InChI=1S/C32H33FN2O4/c1-3-37-25-16-12-22(13-17-25)20-24-8-7-9-27-31(24)34-35(30(36)21-39-29-11-6-5-10-28(29)33)32(27)23-14-18-26(19-15-23)38-4-2/h5-6,10-20,27,32H,3-4,7-9,21H2,1-2H3/b24-20+/t27-,32-/m1/s1. The molecule has 3 aromatic rings. The molecule has 1 heterocycles. The van der Waals surface area contributed by atoms with Crippen LogP contribution in [0.1, 0.15) is 50.3 Å². The van der Waals surface area contributed by atoms with Gasteiger partial charge in [0.1, 0.15) is 11.5 Å². The molecule has 0 N–H and O–H groups in total. The van der Waals surface area contributed by atoms with Crippen molar-refractivity contribution in [1.29, 1.82) is 0 Å². The van der Waals surface area contributed by atoms with Crippen molar-refractivity contribution in [2.75, 3.05) is 19.8 Å². The summed E-state index contributed by atoms with van der Waals surface area (Å²) in [4.78, 5) is 13.5. The van der Waals surface area contributed by atoms with Crippen LogP contribution in [0.2, 0.25) is 0 Å². The van der Waals surface area contributed by atoms with Crippen molar-refractivity contribution in [2.45, 2.75) is 39.2 Å². The molecule has 202 valence electrons. The van der Waals surface area contributed by atoms with E-state index < -0.39 is 5.82 Å². The van der Waals surface area contributed by atoms with E-state index in [0.717, 1.165) is 53.2 Å². The monoisotopic (exact) mass is 528 g/mol. The molecule has 0 aromatic heterocycles. The minimum atomic E-state index is -0.504. The molecule has 1 aliphatic carbocycles. The number of hydrogen-bond donors (Lipinski definition) is 0. The number of nitrogens with zero attached hydrogens (tertiary/aromatic N) is 2. The second kappa shape index (κ2) is 12.2. The van der Waals surface area contributed by atoms with Crippen LogP contribution >= 0.6 is 0 Å². The third-order valence-corrected chi connectivity index (χ3v) is 7.01. The lowest BCUT2D eigenvalue weighted by Gasteiger charge is -2.29. The number of fused-ring (bicyclic) bond motifs is 1. The van der Waals surface area contributed by atoms with Gasteiger partial charge in [-0.05, 0) is 92.3 Å². The maximum absolute atomic E-state index is 14.1. The Morgan fingerprint density at radius 1 is 0.949 bits per heavy atom. The quantitative estimate of drug-likeness (QED) is 0.306. The van der Waals surface area contributed by atoms with Crippen molar-refractivity contribution in [2.24, 2.45) is 11.0 Å². The van der Waals surface area contributed by atoms with Crippen LogP contribution in [0.5, 0.6) is 17.2 Å². The molecule has 2 aliphatic rings. The van der Waals surface area contributed by atoms with E-state index in [0.29, 0.717) is 13.2 Å². The van der Waals surface area contributed by atoms with Crippen molar-refractivity contribution in [3.05, 3.63) is 95.3 Å². The van der Waals surface area contributed by atoms with Gasteiger partial charge in [-0.2, -0.15) is 5.10 Å². The number of benzene rings is 3. The van der Waals surface area contributed by atoms with Gasteiger partial charge in [0, 0.05) is 5.92 Å². The van der Waals surface area contributed by atoms with Crippen molar-refractivity contribution in [3.8, 4) is 17.2 Å². The first-order valence-corrected chi connectivity index (χ1v) is 13.5. The first kappa shape index (κ1) is 26.5. The fraction of sp³-hybridized carbons (Fsp3) is 0.312. The number of hydrazone groups is 1. The van der Waals surface area contributed by atoms with E-state index in [1.54, 1.807) is 12.1 Å². The SMILES string of the molecule is CCOc1ccc(/C=C2\CCC[C@@H]3C2=NN(C(=O)COc2ccccc2F)[C@@H]3c2ccc(OCC)cc2)cc1. The molecule has 39 heavy (non-hydrogen) atoms. The topological polar surface area (TPSA) is 60.4 Å². The van der Waals surface area contributed by atoms with Gasteiger partial charge < -0.3 is 14.2 Å². The molecular weight excluding hydrogens is 495 g/mol. The van der Waals surface area contributed by atoms with Crippen LogP contribution in [0.25, 0.3) is 6.08 Å². The predicted molar refractivity (Wildman–Crippen MR) is 149 cm³/mol. The fourth-order valence-corrected chi connectivity index (χ4v) is 5.26. The molecule has 1 aliphatic heterocycles. The highest BCUT2D eigenvalue weighted by Crippen LogP contribution is 2.44. The van der Waals surface area contributed by atoms with Crippen LogP contribution in [0.3, 0.4) is 0 Å². The molecule has 0 saturated heterocycles. The molecule has 1 saturated carbocycles. The number of rotatable bonds is 9. The van der Waals surface area contributed by atoms with E-state index >= 15 is 0 Å². The van der Waals surface area contributed by atoms with E-state index in [1.807, 2.05) is 62.4 Å². The average molecular weight is 529 g/mol. The molecule has 7 heteroatoms. The summed E-state index contributed by atoms with van der Waals surface area (Å²) in [7, 11) is 0. The zero-order valence-corrected chi connectivity index (χ0v) is 22.3. The second-order valence-electron chi connectivity index (χ2n) is 9.56. The van der Waals surface area contributed by atoms with Crippen molar-refractivity contribution in [1.82, 2.24) is 5.01 Å². The Bertz CT molecular complexity index is 1350. The van der Waals surface area contributed by atoms with Crippen LogP contribution < -0.4 is 14.2 Å². The molecule has 2 atom stereocenters. The number of amides is 1. The van der Waals surface area contributed by atoms with Gasteiger partial charge in [-0.25, -0.2) is 9.40 Å². The summed E-state index contributed by atoms with van der Waals surface area (Å²) in [5.41, 5.74) is 4.08. The summed E-state index contributed by atoms with van der Waals surface area (Å²) in [6.45, 7) is 4.80. The summed E-state index contributed by atoms with van der Waals surface area (Å²) in [6, 6.07) is 21.6. The van der Waals surface area contributed by atoms with E-state index in [-0.39, 0.29) is 30.2 Å². The molecule has 0 radical (unpaired) electrons. The number of carbonyl (C=O) groups is 1. The van der Waals surface area contributed by atoms with Gasteiger partial charge in [0.2, 0.25) is 0 Å². The Kier molecular flexibility index (Phi) is 8.25. The third kappa shape index (κ3) is 5.98. The number of hydrogen-bond acceptors (Lipinski definition) is 5. The minimum Gasteiger partial charge on any atom is -0.494 e. The average Bonchev–Trinajstić information content (AvgIpc) is 3.35. The van der Waals surface area contributed by atoms with E-state index in [2.05, 4.69) is 6.08 Å². The van der Waals surface area contributed by atoms with Crippen LogP contribution in [-0.2, 0) is 4.79 Å². The van der Waals surface area contributed by atoms with E-state index in [9.17, 15) is 9.18 Å². The predicted octanol–water partition coefficient (Wildman–Crippen LogP) is 6.83. The highest BCUT2D eigenvalue weighted by molar-refractivity contribution is 6.08. The van der Waals surface area contributed by atoms with Gasteiger partial charge >= 0.3 is 0 Å². The second-order valence-corrected chi connectivity index (χ2v) is 9.56. The van der Waals surface area contributed by atoms with Gasteiger partial charge in [0.25, 0.3) is 5.91 Å². The molecule has 6 nitrogen and oxygen atoms in total. The Morgan fingerprint density at radius 2 is 1.62 bits per heavy atom. The van der Waals surface area contributed by atoms with Crippen LogP contribution in [0.15, 0.2) is 83.5 Å². The van der Waals surface area contributed by atoms with Crippen LogP contribution in [-0.4, -0.2) is 36.4 Å². The van der Waals surface area contributed by atoms with Gasteiger partial charge in [-0.3, -0.25) is 4.79 Å². The summed E-state index contributed by atoms with van der Waals surface area (Å²) in [5.74, 6) is 0.879. The Morgan fingerprint density at radius 3 is 2.28 bits per heavy atom. The first-order valence-electron chi connectivity index (χ1n) is 13.5. The molecular formula is C32H33FN2O4. The zero-order valence-electron chi connectivity index (χ0n) is 22.3. The normalized spacial score (nSPS) is 19.4. The maximum Gasteiger partial charge on any atom is 0.281 e. The molecule has 0 unspecified atom stereocenters. The van der Waals surface area contributed by atoms with Gasteiger partial charge in [-0.1, -0.05) is 36.4 Å². The summed E-state index contributed by atoms with van der Waals surface area (Å²) in [5, 5.41) is 6.42. The number of ether oxygens (including phenoxy) is 3. The summed E-state index contributed by atoms with van der Waals surface area (Å²) < 4.78 is 30.9. The van der Waals surface area contributed by atoms with Gasteiger partial charge in [0.05, 0.1) is 25.0 Å². The fourth-order valence-electron chi connectivity index (χ4n) is 5.26. The van der Waals surface area contributed by atoms with Gasteiger partial charge in [-0.15, -0.1) is 0 Å². The van der Waals surface area contributed by atoms with E-state index in [1.165, 1.54) is 17.1 Å². The first-order chi connectivity index (χ1) is 19.1. The summed E-state index contributed by atoms with van der Waals surface area (Å²) >= 11 is 0. The zero-order chi connectivity index (χ0) is 27.2. The van der Waals surface area contributed by atoms with Crippen molar-refractivity contribution in [3.63, 3.8) is 0 Å². The molecule has 0 spiro atoms. The van der Waals surface area contributed by atoms with Crippen LogP contribution in [0, 0.1) is 11.7 Å². The summed E-state index contributed by atoms with van der Waals surface area (Å²) in [6.07, 6.45) is 4.94. The smallest absolute Gasteiger partial charge is 0.281 e. The highest BCUT2D eigenvalue weighted by Gasteiger charge is 2.43. The lowest BCUT2D eigenvalue weighted by molar-refractivity contribution is -0.135. The molecule has 0 bridgehead atoms. The largest absolute Gasteiger partial charge is 0.494 e. The van der Waals surface area contributed by atoms with Crippen molar-refractivity contribution < 1.29 is 23.4 Å². The van der Waals surface area contributed by atoms with E-state index in [4.69, 9.17) is 19.3 Å². The number of carbonyl (C=O) groups excluding carboxylic acids is 1. The Labute approximate surface area is 228 Å². The number of para-hydroxylation sites is 1. The number of halogens is 1. The van der Waals surface area contributed by atoms with Gasteiger partial charge in [0.15, 0.2) is 18.2 Å². The molecule has 3 aromatic carbocycles. The van der Waals surface area contributed by atoms with Crippen LogP contribution in [0.4, 0.5) is 4.39 Å². The Hall–Kier alpha value is -4.13. The molecule has 1 amide bonds. The molecule has 1 fully saturated rings. The molecule has 5 rings (SSSR count). The highest BCUT2D eigenvalue weighted by atomic mass is 19.1. The van der Waals surface area contributed by atoms with Crippen molar-refractivity contribution >= 4 is 17.7 Å². The lowest BCUT2D eigenvalue weighted by Crippen LogP contribution is -2.34. The minimum absolute atomic E-state index is 0.0445.